The van der Waals surface area contributed by atoms with Gasteiger partial charge in [-0.05, 0) is 37.1 Å². The Morgan fingerprint density at radius 1 is 1.14 bits per heavy atom. The lowest BCUT2D eigenvalue weighted by molar-refractivity contribution is 0.286. The van der Waals surface area contributed by atoms with Crippen LogP contribution in [-0.4, -0.2) is 32.9 Å². The van der Waals surface area contributed by atoms with E-state index in [0.29, 0.717) is 0 Å². The van der Waals surface area contributed by atoms with Crippen LogP contribution in [0.25, 0.3) is 0 Å². The summed E-state index contributed by atoms with van der Waals surface area (Å²) in [5.74, 6) is 1.50. The first-order valence-electron chi connectivity index (χ1n) is 7.21. The number of likely N-dealkylation sites (N-methyl/N-ethyl adjacent to an activating group) is 1. The molecule has 2 rings (SSSR count). The molecular formula is C17H23NO3S. The van der Waals surface area contributed by atoms with Crippen molar-refractivity contribution in [1.82, 2.24) is 0 Å². The summed E-state index contributed by atoms with van der Waals surface area (Å²) < 4.78 is 10.6. The van der Waals surface area contributed by atoms with Gasteiger partial charge < -0.3 is 19.5 Å². The maximum absolute atomic E-state index is 9.45. The lowest BCUT2D eigenvalue weighted by Crippen LogP contribution is -2.20. The van der Waals surface area contributed by atoms with Gasteiger partial charge in [-0.3, -0.25) is 0 Å². The van der Waals surface area contributed by atoms with Gasteiger partial charge in [0, 0.05) is 18.5 Å². The zero-order valence-electron chi connectivity index (χ0n) is 13.5. The number of ether oxygens (including phenoxy) is 2. The van der Waals surface area contributed by atoms with Gasteiger partial charge in [0.1, 0.15) is 0 Å². The van der Waals surface area contributed by atoms with E-state index in [2.05, 4.69) is 31.0 Å². The molecule has 4 nitrogen and oxygen atoms in total. The second-order valence-electron chi connectivity index (χ2n) is 5.18. The molecule has 0 saturated heterocycles. The number of nitrogens with zero attached hydrogens (tertiary/aromatic N) is 1. The Morgan fingerprint density at radius 3 is 2.50 bits per heavy atom. The lowest BCUT2D eigenvalue weighted by atomic mass is 10.1. The van der Waals surface area contributed by atoms with E-state index < -0.39 is 0 Å². The molecule has 0 atom stereocenters. The summed E-state index contributed by atoms with van der Waals surface area (Å²) in [6, 6.07) is 8.13. The first kappa shape index (κ1) is 16.6. The van der Waals surface area contributed by atoms with Crippen LogP contribution in [0.3, 0.4) is 0 Å². The van der Waals surface area contributed by atoms with Gasteiger partial charge in [0.05, 0.1) is 31.4 Å². The first-order chi connectivity index (χ1) is 10.6. The summed E-state index contributed by atoms with van der Waals surface area (Å²) in [5, 5.41) is 9.45. The minimum absolute atomic E-state index is 0.0918. The van der Waals surface area contributed by atoms with Crippen molar-refractivity contribution >= 4 is 17.0 Å². The zero-order chi connectivity index (χ0) is 16.1. The molecule has 2 aromatic rings. The fraction of sp³-hybridized carbons (Fsp3) is 0.412. The third-order valence-corrected chi connectivity index (χ3v) is 4.67. The van der Waals surface area contributed by atoms with E-state index in [0.717, 1.165) is 35.0 Å². The zero-order valence-corrected chi connectivity index (χ0v) is 14.4. The van der Waals surface area contributed by atoms with E-state index in [4.69, 9.17) is 9.47 Å². The number of aryl methyl sites for hydroxylation is 1. The summed E-state index contributed by atoms with van der Waals surface area (Å²) in [6.07, 6.45) is 0.899. The molecule has 0 fully saturated rings. The molecule has 1 heterocycles. The molecular weight excluding hydrogens is 298 g/mol. The number of benzene rings is 1. The predicted octanol–water partition coefficient (Wildman–Crippen LogP) is 3.24. The highest BCUT2D eigenvalue weighted by atomic mass is 32.1. The monoisotopic (exact) mass is 321 g/mol. The van der Waals surface area contributed by atoms with E-state index in [-0.39, 0.29) is 6.61 Å². The smallest absolute Gasteiger partial charge is 0.160 e. The fourth-order valence-electron chi connectivity index (χ4n) is 2.44. The van der Waals surface area contributed by atoms with E-state index in [9.17, 15) is 5.11 Å². The van der Waals surface area contributed by atoms with Crippen molar-refractivity contribution in [2.24, 2.45) is 0 Å². The quantitative estimate of drug-likeness (QED) is 0.850. The molecule has 0 aliphatic carbocycles. The Hall–Kier alpha value is -1.72. The number of methoxy groups -OCH3 is 2. The molecule has 0 spiro atoms. The second-order valence-corrected chi connectivity index (χ2v) is 6.53. The Bertz CT molecular complexity index is 624. The Labute approximate surface area is 135 Å². The summed E-state index contributed by atoms with van der Waals surface area (Å²) in [6.45, 7) is 3.03. The first-order valence-corrected chi connectivity index (χ1v) is 8.03. The molecule has 0 radical (unpaired) electrons. The van der Waals surface area contributed by atoms with Crippen LogP contribution in [0.2, 0.25) is 0 Å². The van der Waals surface area contributed by atoms with Crippen LogP contribution in [0.15, 0.2) is 24.3 Å². The Kier molecular flexibility index (Phi) is 5.69. The second kappa shape index (κ2) is 7.51. The van der Waals surface area contributed by atoms with Crippen molar-refractivity contribution in [1.29, 1.82) is 0 Å². The van der Waals surface area contributed by atoms with Crippen molar-refractivity contribution < 1.29 is 14.6 Å². The summed E-state index contributed by atoms with van der Waals surface area (Å²) in [4.78, 5) is 4.43. The van der Waals surface area contributed by atoms with E-state index in [1.54, 1.807) is 25.6 Å². The van der Waals surface area contributed by atoms with Crippen molar-refractivity contribution in [3.8, 4) is 11.5 Å². The Balaban J connectivity index is 2.06. The van der Waals surface area contributed by atoms with E-state index in [1.807, 2.05) is 12.1 Å². The maximum Gasteiger partial charge on any atom is 0.160 e. The van der Waals surface area contributed by atoms with Crippen molar-refractivity contribution in [3.05, 3.63) is 39.6 Å². The van der Waals surface area contributed by atoms with Crippen LogP contribution >= 0.6 is 11.3 Å². The van der Waals surface area contributed by atoms with Crippen molar-refractivity contribution in [2.75, 3.05) is 32.7 Å². The van der Waals surface area contributed by atoms with Crippen LogP contribution in [-0.2, 0) is 13.0 Å². The number of thiophene rings is 1. The van der Waals surface area contributed by atoms with Gasteiger partial charge in [0.2, 0.25) is 0 Å². The molecule has 0 saturated carbocycles. The SMILES string of the molecule is COc1ccc(CCN(C)c2cc(C)sc2CO)cc1OC. The molecule has 0 bridgehead atoms. The standard InChI is InChI=1S/C17H23NO3S/c1-12-9-14(17(11-19)22-12)18(2)8-7-13-5-6-15(20-3)16(10-13)21-4/h5-6,9-10,19H,7-8,11H2,1-4H3. The summed E-state index contributed by atoms with van der Waals surface area (Å²) in [7, 11) is 5.34. The number of rotatable bonds is 7. The largest absolute Gasteiger partial charge is 0.493 e. The third-order valence-electron chi connectivity index (χ3n) is 3.65. The molecule has 1 aromatic heterocycles. The van der Waals surface area contributed by atoms with Gasteiger partial charge in [0.25, 0.3) is 0 Å². The number of aliphatic hydroxyl groups excluding tert-OH is 1. The molecule has 5 heteroatoms. The van der Waals surface area contributed by atoms with Gasteiger partial charge in [-0.15, -0.1) is 11.3 Å². The minimum atomic E-state index is 0.0918. The van der Waals surface area contributed by atoms with E-state index >= 15 is 0 Å². The van der Waals surface area contributed by atoms with Crippen LogP contribution in [0.4, 0.5) is 5.69 Å². The molecule has 1 aromatic carbocycles. The molecule has 22 heavy (non-hydrogen) atoms. The predicted molar refractivity (Wildman–Crippen MR) is 91.5 cm³/mol. The molecule has 1 N–H and O–H groups in total. The molecule has 0 amide bonds. The topological polar surface area (TPSA) is 41.9 Å². The minimum Gasteiger partial charge on any atom is -0.493 e. The normalized spacial score (nSPS) is 10.6. The van der Waals surface area contributed by atoms with Crippen LogP contribution in [0.5, 0.6) is 11.5 Å². The van der Waals surface area contributed by atoms with Gasteiger partial charge >= 0.3 is 0 Å². The average Bonchev–Trinajstić information content (AvgIpc) is 2.93. The maximum atomic E-state index is 9.45. The van der Waals surface area contributed by atoms with Gasteiger partial charge in [-0.1, -0.05) is 6.07 Å². The summed E-state index contributed by atoms with van der Waals surface area (Å²) in [5.41, 5.74) is 2.31. The average molecular weight is 321 g/mol. The fourth-order valence-corrected chi connectivity index (χ4v) is 3.38. The summed E-state index contributed by atoms with van der Waals surface area (Å²) >= 11 is 1.65. The highest BCUT2D eigenvalue weighted by Crippen LogP contribution is 2.30. The number of anilines is 1. The van der Waals surface area contributed by atoms with Crippen molar-refractivity contribution in [2.45, 2.75) is 20.0 Å². The van der Waals surface area contributed by atoms with Crippen molar-refractivity contribution in [3.63, 3.8) is 0 Å². The molecule has 0 unspecified atom stereocenters. The number of hydrogen-bond acceptors (Lipinski definition) is 5. The lowest BCUT2D eigenvalue weighted by Gasteiger charge is -2.19. The number of hydrogen-bond donors (Lipinski definition) is 1. The number of aliphatic hydroxyl groups is 1. The van der Waals surface area contributed by atoms with Crippen LogP contribution < -0.4 is 14.4 Å². The highest BCUT2D eigenvalue weighted by molar-refractivity contribution is 7.12. The highest BCUT2D eigenvalue weighted by Gasteiger charge is 2.11. The van der Waals surface area contributed by atoms with E-state index in [1.165, 1.54) is 10.4 Å². The molecule has 0 aliphatic rings. The van der Waals surface area contributed by atoms with Crippen LogP contribution in [0, 0.1) is 6.92 Å². The van der Waals surface area contributed by atoms with Gasteiger partial charge in [-0.25, -0.2) is 0 Å². The van der Waals surface area contributed by atoms with Crippen LogP contribution in [0.1, 0.15) is 15.3 Å². The Morgan fingerprint density at radius 2 is 1.86 bits per heavy atom. The van der Waals surface area contributed by atoms with Gasteiger partial charge in [-0.2, -0.15) is 0 Å². The molecule has 120 valence electrons. The molecule has 0 aliphatic heterocycles. The van der Waals surface area contributed by atoms with Gasteiger partial charge in [0.15, 0.2) is 11.5 Å². The third kappa shape index (κ3) is 3.72.